The Bertz CT molecular complexity index is 1320. The van der Waals surface area contributed by atoms with Crippen LogP contribution in [0, 0.1) is 0 Å². The summed E-state index contributed by atoms with van der Waals surface area (Å²) in [6.45, 7) is 2.81. The van der Waals surface area contributed by atoms with Crippen LogP contribution in [0.5, 0.6) is 23.0 Å². The number of ether oxygens (including phenoxy) is 4. The number of carbonyl (C=O) groups is 1. The van der Waals surface area contributed by atoms with Gasteiger partial charge in [-0.15, -0.1) is 0 Å². The van der Waals surface area contributed by atoms with Gasteiger partial charge in [-0.25, -0.2) is 4.79 Å². The Balaban J connectivity index is 1.65. The Hall–Kier alpha value is -4.01. The van der Waals surface area contributed by atoms with E-state index in [1.807, 2.05) is 12.1 Å². The first-order valence-corrected chi connectivity index (χ1v) is 10.6. The lowest BCUT2D eigenvalue weighted by Crippen LogP contribution is -2.32. The molecule has 3 heterocycles. The molecule has 0 N–H and O–H groups in total. The normalized spacial score (nSPS) is 13.5. The van der Waals surface area contributed by atoms with E-state index < -0.39 is 5.69 Å². The average molecular weight is 449 g/mol. The van der Waals surface area contributed by atoms with E-state index in [4.69, 9.17) is 18.9 Å². The molecule has 1 aromatic heterocycles. The number of rotatable bonds is 4. The number of aryl methyl sites for hydroxylation is 1. The van der Waals surface area contributed by atoms with Crippen LogP contribution in [0.25, 0.3) is 11.3 Å². The molecule has 3 aromatic rings. The van der Waals surface area contributed by atoms with E-state index in [-0.39, 0.29) is 11.7 Å². The summed E-state index contributed by atoms with van der Waals surface area (Å²) in [5.41, 5.74) is 2.64. The quantitative estimate of drug-likeness (QED) is 0.605. The summed E-state index contributed by atoms with van der Waals surface area (Å²) in [6, 6.07) is 10.7. The van der Waals surface area contributed by atoms with Crippen LogP contribution in [0.2, 0.25) is 0 Å². The fourth-order valence-corrected chi connectivity index (χ4v) is 4.29. The van der Waals surface area contributed by atoms with Gasteiger partial charge in [0.05, 0.1) is 25.6 Å². The molecule has 33 heavy (non-hydrogen) atoms. The first kappa shape index (κ1) is 20.9. The maximum atomic E-state index is 13.0. The Kier molecular flexibility index (Phi) is 5.16. The molecule has 0 saturated heterocycles. The van der Waals surface area contributed by atoms with Gasteiger partial charge in [-0.2, -0.15) is 4.98 Å². The molecule has 0 spiro atoms. The van der Waals surface area contributed by atoms with E-state index in [9.17, 15) is 9.59 Å². The first-order valence-electron chi connectivity index (χ1n) is 10.6. The third-order valence-electron chi connectivity index (χ3n) is 5.82. The lowest BCUT2D eigenvalue weighted by Gasteiger charge is -2.27. The molecule has 5 rings (SSSR count). The fraction of sp³-hybridized carbons (Fsp3) is 0.292. The highest BCUT2D eigenvalue weighted by Crippen LogP contribution is 2.40. The Labute approximate surface area is 190 Å². The van der Waals surface area contributed by atoms with Gasteiger partial charge in [-0.3, -0.25) is 14.3 Å². The highest BCUT2D eigenvalue weighted by atomic mass is 16.6. The van der Waals surface area contributed by atoms with E-state index >= 15 is 0 Å². The number of anilines is 2. The van der Waals surface area contributed by atoms with Crippen molar-refractivity contribution in [2.45, 2.75) is 19.9 Å². The molecule has 1 amide bonds. The van der Waals surface area contributed by atoms with Crippen LogP contribution < -0.4 is 29.5 Å². The van der Waals surface area contributed by atoms with Gasteiger partial charge in [-0.1, -0.05) is 0 Å². The van der Waals surface area contributed by atoms with E-state index in [2.05, 4.69) is 4.98 Å². The van der Waals surface area contributed by atoms with Gasteiger partial charge >= 0.3 is 5.69 Å². The topological polar surface area (TPSA) is 92.1 Å². The molecule has 0 atom stereocenters. The zero-order valence-electron chi connectivity index (χ0n) is 18.6. The van der Waals surface area contributed by atoms with Gasteiger partial charge in [0.15, 0.2) is 23.0 Å². The molecule has 2 aliphatic rings. The molecule has 0 fully saturated rings. The molecule has 9 nitrogen and oxygen atoms in total. The highest BCUT2D eigenvalue weighted by molar-refractivity contribution is 5.99. The summed E-state index contributed by atoms with van der Waals surface area (Å²) in [5, 5.41) is 0. The highest BCUT2D eigenvalue weighted by Gasteiger charge is 2.25. The minimum absolute atomic E-state index is 0.234. The summed E-state index contributed by atoms with van der Waals surface area (Å²) < 4.78 is 23.7. The molecular weight excluding hydrogens is 426 g/mol. The van der Waals surface area contributed by atoms with Gasteiger partial charge in [0, 0.05) is 31.2 Å². The van der Waals surface area contributed by atoms with Crippen molar-refractivity contribution in [1.29, 1.82) is 0 Å². The number of amides is 1. The van der Waals surface area contributed by atoms with E-state index in [1.165, 1.54) is 11.8 Å². The van der Waals surface area contributed by atoms with Crippen molar-refractivity contribution in [1.82, 2.24) is 9.55 Å². The summed E-state index contributed by atoms with van der Waals surface area (Å²) >= 11 is 0. The standard InChI is InChI=1S/C24H23N3O6/c1-14(28)27(16-4-5-19-22(11-16)33-9-8-32-19)23-13-18-17-12-21(31-3)20(30-2)10-15(17)6-7-26(18)24(29)25-23/h4-5,10-13H,6-9H2,1-3H3. The summed E-state index contributed by atoms with van der Waals surface area (Å²) in [4.78, 5) is 31.3. The molecule has 0 saturated carbocycles. The van der Waals surface area contributed by atoms with Crippen molar-refractivity contribution in [3.63, 3.8) is 0 Å². The van der Waals surface area contributed by atoms with Crippen molar-refractivity contribution in [3.8, 4) is 34.3 Å². The zero-order valence-corrected chi connectivity index (χ0v) is 18.6. The van der Waals surface area contributed by atoms with Crippen LogP contribution in [0.4, 0.5) is 11.5 Å². The van der Waals surface area contributed by atoms with Crippen molar-refractivity contribution < 1.29 is 23.7 Å². The van der Waals surface area contributed by atoms with Crippen molar-refractivity contribution >= 4 is 17.4 Å². The number of fused-ring (bicyclic) bond motifs is 4. The van der Waals surface area contributed by atoms with Gasteiger partial charge in [0.1, 0.15) is 19.0 Å². The first-order chi connectivity index (χ1) is 16.0. The maximum absolute atomic E-state index is 13.0. The SMILES string of the molecule is COc1cc2c(cc1OC)-c1cc(N(C(C)=O)c3ccc4c(c3)OCCO4)nc(=O)n1CC2. The van der Waals surface area contributed by atoms with Crippen LogP contribution in [0.3, 0.4) is 0 Å². The minimum Gasteiger partial charge on any atom is -0.493 e. The molecule has 0 bridgehead atoms. The Morgan fingerprint density at radius 3 is 2.48 bits per heavy atom. The predicted octanol–water partition coefficient (Wildman–Crippen LogP) is 2.94. The monoisotopic (exact) mass is 449 g/mol. The van der Waals surface area contributed by atoms with Crippen LogP contribution in [-0.2, 0) is 17.8 Å². The lowest BCUT2D eigenvalue weighted by atomic mass is 9.96. The molecule has 9 heteroatoms. The Morgan fingerprint density at radius 1 is 1.03 bits per heavy atom. The molecule has 2 aliphatic heterocycles. The Morgan fingerprint density at radius 2 is 1.76 bits per heavy atom. The number of hydrogen-bond donors (Lipinski definition) is 0. The van der Waals surface area contributed by atoms with Crippen LogP contribution >= 0.6 is 0 Å². The number of nitrogens with zero attached hydrogens (tertiary/aromatic N) is 3. The largest absolute Gasteiger partial charge is 0.493 e. The lowest BCUT2D eigenvalue weighted by molar-refractivity contribution is -0.115. The average Bonchev–Trinajstić information content (AvgIpc) is 2.82. The third-order valence-corrected chi connectivity index (χ3v) is 5.82. The second-order valence-electron chi connectivity index (χ2n) is 7.73. The zero-order chi connectivity index (χ0) is 23.1. The molecular formula is C24H23N3O6. The number of carbonyl (C=O) groups excluding carboxylic acids is 1. The second-order valence-corrected chi connectivity index (χ2v) is 7.73. The minimum atomic E-state index is -0.424. The van der Waals surface area contributed by atoms with Crippen molar-refractivity contribution in [2.75, 3.05) is 32.3 Å². The van der Waals surface area contributed by atoms with Crippen LogP contribution in [0.15, 0.2) is 41.2 Å². The van der Waals surface area contributed by atoms with Gasteiger partial charge in [0.2, 0.25) is 5.91 Å². The molecule has 170 valence electrons. The number of benzene rings is 2. The predicted molar refractivity (Wildman–Crippen MR) is 121 cm³/mol. The molecule has 0 aliphatic carbocycles. The molecule has 0 radical (unpaired) electrons. The van der Waals surface area contributed by atoms with Gasteiger partial charge in [-0.05, 0) is 36.2 Å². The van der Waals surface area contributed by atoms with Crippen molar-refractivity contribution in [2.24, 2.45) is 0 Å². The van der Waals surface area contributed by atoms with E-state index in [1.54, 1.807) is 43.1 Å². The smallest absolute Gasteiger partial charge is 0.350 e. The van der Waals surface area contributed by atoms with Crippen LogP contribution in [0.1, 0.15) is 12.5 Å². The summed E-state index contributed by atoms with van der Waals surface area (Å²) in [5.74, 6) is 2.29. The second kappa shape index (κ2) is 8.16. The summed E-state index contributed by atoms with van der Waals surface area (Å²) in [7, 11) is 3.16. The van der Waals surface area contributed by atoms with E-state index in [0.717, 1.165) is 11.1 Å². The van der Waals surface area contributed by atoms with Crippen LogP contribution in [-0.4, -0.2) is 42.9 Å². The number of hydrogen-bond acceptors (Lipinski definition) is 7. The fourth-order valence-electron chi connectivity index (χ4n) is 4.29. The number of aromatic nitrogens is 2. The molecule has 0 unspecified atom stereocenters. The maximum Gasteiger partial charge on any atom is 0.350 e. The van der Waals surface area contributed by atoms with Crippen molar-refractivity contribution in [3.05, 3.63) is 52.4 Å². The third kappa shape index (κ3) is 3.55. The van der Waals surface area contributed by atoms with Gasteiger partial charge < -0.3 is 18.9 Å². The van der Waals surface area contributed by atoms with Gasteiger partial charge in [0.25, 0.3) is 0 Å². The molecule has 2 aromatic carbocycles. The van der Waals surface area contributed by atoms with E-state index in [0.29, 0.717) is 60.6 Å². The summed E-state index contributed by atoms with van der Waals surface area (Å²) in [6.07, 6.45) is 0.655. The number of methoxy groups -OCH3 is 2.